The predicted octanol–water partition coefficient (Wildman–Crippen LogP) is 1.64. The highest BCUT2D eigenvalue weighted by atomic mass is 79.9. The fourth-order valence-corrected chi connectivity index (χ4v) is 1.59. The summed E-state index contributed by atoms with van der Waals surface area (Å²) >= 11 is 3.42. The Kier molecular flexibility index (Phi) is 3.59. The summed E-state index contributed by atoms with van der Waals surface area (Å²) in [5, 5.41) is 0.980. The molecule has 1 aromatic rings. The molecule has 0 radical (unpaired) electrons. The highest BCUT2D eigenvalue weighted by molar-refractivity contribution is 9.09. The minimum Gasteiger partial charge on any atom is -0.342 e. The molecule has 0 aliphatic carbocycles. The van der Waals surface area contributed by atoms with Crippen LogP contribution in [0.1, 0.15) is 6.92 Å². The van der Waals surface area contributed by atoms with Gasteiger partial charge in [0.15, 0.2) is 0 Å². The zero-order valence-electron chi connectivity index (χ0n) is 7.50. The molecule has 0 N–H and O–H groups in total. The number of hydrogen-bond acceptors (Lipinski definition) is 2. The van der Waals surface area contributed by atoms with Crippen molar-refractivity contribution in [2.24, 2.45) is 7.05 Å². The number of anilines is 1. The van der Waals surface area contributed by atoms with Crippen molar-refractivity contribution in [1.82, 2.24) is 9.55 Å². The zero-order valence-corrected chi connectivity index (χ0v) is 9.08. The van der Waals surface area contributed by atoms with Crippen LogP contribution in [0.5, 0.6) is 0 Å². The molecule has 0 bridgehead atoms. The van der Waals surface area contributed by atoms with Gasteiger partial charge in [-0.05, 0) is 6.92 Å². The number of imidazole rings is 1. The van der Waals surface area contributed by atoms with Crippen LogP contribution in [0.2, 0.25) is 0 Å². The Morgan fingerprint density at radius 2 is 2.42 bits per heavy atom. The van der Waals surface area contributed by atoms with E-state index in [2.05, 4.69) is 32.7 Å². The molecule has 0 unspecified atom stereocenters. The number of alkyl halides is 1. The smallest absolute Gasteiger partial charge is 0.205 e. The monoisotopic (exact) mass is 231 g/mol. The van der Waals surface area contributed by atoms with E-state index in [0.717, 1.165) is 24.4 Å². The molecule has 1 heterocycles. The quantitative estimate of drug-likeness (QED) is 0.736. The molecular formula is C8H14BrN3. The second-order valence-corrected chi connectivity index (χ2v) is 3.40. The first-order valence-corrected chi connectivity index (χ1v) is 5.20. The number of rotatable bonds is 4. The zero-order chi connectivity index (χ0) is 8.97. The van der Waals surface area contributed by atoms with E-state index in [4.69, 9.17) is 0 Å². The average Bonchev–Trinajstić information content (AvgIpc) is 2.47. The fraction of sp³-hybridized carbons (Fsp3) is 0.625. The van der Waals surface area contributed by atoms with E-state index in [1.54, 1.807) is 0 Å². The van der Waals surface area contributed by atoms with Crippen LogP contribution in [-0.4, -0.2) is 28.0 Å². The van der Waals surface area contributed by atoms with Crippen molar-refractivity contribution >= 4 is 21.9 Å². The van der Waals surface area contributed by atoms with E-state index in [0.29, 0.717) is 0 Å². The van der Waals surface area contributed by atoms with Crippen LogP contribution in [0.25, 0.3) is 0 Å². The van der Waals surface area contributed by atoms with E-state index in [9.17, 15) is 0 Å². The van der Waals surface area contributed by atoms with E-state index < -0.39 is 0 Å². The van der Waals surface area contributed by atoms with Crippen LogP contribution in [0.3, 0.4) is 0 Å². The van der Waals surface area contributed by atoms with Gasteiger partial charge < -0.3 is 9.47 Å². The van der Waals surface area contributed by atoms with Crippen LogP contribution < -0.4 is 4.90 Å². The van der Waals surface area contributed by atoms with Gasteiger partial charge in [0.2, 0.25) is 5.95 Å². The molecule has 0 amide bonds. The third-order valence-corrected chi connectivity index (χ3v) is 2.17. The summed E-state index contributed by atoms with van der Waals surface area (Å²) in [5.74, 6) is 1.04. The number of aromatic nitrogens is 2. The topological polar surface area (TPSA) is 21.1 Å². The molecule has 4 heteroatoms. The molecule has 0 aromatic carbocycles. The second kappa shape index (κ2) is 4.50. The standard InChI is InChI=1S/C8H14BrN3/c1-3-12(6-4-9)8-10-5-7-11(8)2/h5,7H,3-4,6H2,1-2H3. The lowest BCUT2D eigenvalue weighted by molar-refractivity contribution is 0.781. The maximum atomic E-state index is 4.27. The Morgan fingerprint density at radius 3 is 2.83 bits per heavy atom. The molecule has 0 atom stereocenters. The van der Waals surface area contributed by atoms with Crippen LogP contribution in [0.15, 0.2) is 12.4 Å². The lowest BCUT2D eigenvalue weighted by Crippen LogP contribution is -2.27. The van der Waals surface area contributed by atoms with Gasteiger partial charge in [0.05, 0.1) is 0 Å². The van der Waals surface area contributed by atoms with Gasteiger partial charge in [0.25, 0.3) is 0 Å². The maximum Gasteiger partial charge on any atom is 0.205 e. The average molecular weight is 232 g/mol. The van der Waals surface area contributed by atoms with E-state index in [-0.39, 0.29) is 0 Å². The molecule has 0 aliphatic rings. The SMILES string of the molecule is CCN(CCBr)c1nccn1C. The predicted molar refractivity (Wildman–Crippen MR) is 54.9 cm³/mol. The van der Waals surface area contributed by atoms with Gasteiger partial charge in [-0.3, -0.25) is 0 Å². The molecule has 0 fully saturated rings. The van der Waals surface area contributed by atoms with Crippen molar-refractivity contribution in [3.05, 3.63) is 12.4 Å². The Labute approximate surface area is 81.5 Å². The molecule has 1 rings (SSSR count). The summed E-state index contributed by atoms with van der Waals surface area (Å²) in [6, 6.07) is 0. The molecule has 0 spiro atoms. The van der Waals surface area contributed by atoms with E-state index in [1.807, 2.05) is 24.0 Å². The Morgan fingerprint density at radius 1 is 1.67 bits per heavy atom. The van der Waals surface area contributed by atoms with Crippen molar-refractivity contribution < 1.29 is 0 Å². The van der Waals surface area contributed by atoms with Crippen molar-refractivity contribution in [1.29, 1.82) is 0 Å². The highest BCUT2D eigenvalue weighted by Gasteiger charge is 2.06. The normalized spacial score (nSPS) is 10.2. The highest BCUT2D eigenvalue weighted by Crippen LogP contribution is 2.08. The fourth-order valence-electron chi connectivity index (χ4n) is 1.16. The molecule has 12 heavy (non-hydrogen) atoms. The van der Waals surface area contributed by atoms with Crippen LogP contribution in [-0.2, 0) is 7.05 Å². The van der Waals surface area contributed by atoms with Crippen LogP contribution in [0.4, 0.5) is 5.95 Å². The van der Waals surface area contributed by atoms with Gasteiger partial charge in [-0.15, -0.1) is 0 Å². The second-order valence-electron chi connectivity index (χ2n) is 2.61. The molecule has 0 saturated carbocycles. The van der Waals surface area contributed by atoms with Crippen molar-refractivity contribution in [3.8, 4) is 0 Å². The Bertz CT molecular complexity index is 234. The summed E-state index contributed by atoms with van der Waals surface area (Å²) in [6.45, 7) is 4.13. The van der Waals surface area contributed by atoms with Gasteiger partial charge >= 0.3 is 0 Å². The molecule has 0 aliphatic heterocycles. The van der Waals surface area contributed by atoms with Gasteiger partial charge in [-0.2, -0.15) is 0 Å². The molecular weight excluding hydrogens is 218 g/mol. The summed E-state index contributed by atoms with van der Waals surface area (Å²) in [5.41, 5.74) is 0. The Balaban J connectivity index is 2.72. The molecule has 68 valence electrons. The van der Waals surface area contributed by atoms with Gasteiger partial charge in [0.1, 0.15) is 0 Å². The van der Waals surface area contributed by atoms with Gasteiger partial charge in [-0.1, -0.05) is 15.9 Å². The van der Waals surface area contributed by atoms with Crippen molar-refractivity contribution in [2.75, 3.05) is 23.3 Å². The third kappa shape index (κ3) is 2.00. The largest absolute Gasteiger partial charge is 0.342 e. The first-order chi connectivity index (χ1) is 5.79. The summed E-state index contributed by atoms with van der Waals surface area (Å²) < 4.78 is 2.03. The first kappa shape index (κ1) is 9.58. The minimum absolute atomic E-state index is 0.980. The molecule has 0 saturated heterocycles. The maximum absolute atomic E-state index is 4.27. The van der Waals surface area contributed by atoms with Gasteiger partial charge in [0, 0.05) is 37.9 Å². The number of halogens is 1. The minimum atomic E-state index is 0.980. The number of aryl methyl sites for hydroxylation is 1. The van der Waals surface area contributed by atoms with E-state index in [1.165, 1.54) is 0 Å². The van der Waals surface area contributed by atoms with Crippen LogP contribution >= 0.6 is 15.9 Å². The van der Waals surface area contributed by atoms with Crippen molar-refractivity contribution in [2.45, 2.75) is 6.92 Å². The first-order valence-electron chi connectivity index (χ1n) is 4.07. The summed E-state index contributed by atoms with van der Waals surface area (Å²) in [4.78, 5) is 6.50. The lowest BCUT2D eigenvalue weighted by Gasteiger charge is -2.20. The van der Waals surface area contributed by atoms with Crippen LogP contribution in [0, 0.1) is 0 Å². The third-order valence-electron chi connectivity index (χ3n) is 1.81. The van der Waals surface area contributed by atoms with Gasteiger partial charge in [-0.25, -0.2) is 4.98 Å². The summed E-state index contributed by atoms with van der Waals surface area (Å²) in [6.07, 6.45) is 3.79. The van der Waals surface area contributed by atoms with E-state index >= 15 is 0 Å². The number of hydrogen-bond donors (Lipinski definition) is 0. The molecule has 1 aromatic heterocycles. The number of nitrogens with zero attached hydrogens (tertiary/aromatic N) is 3. The van der Waals surface area contributed by atoms with Crippen molar-refractivity contribution in [3.63, 3.8) is 0 Å². The molecule has 3 nitrogen and oxygen atoms in total. The Hall–Kier alpha value is -0.510. The summed E-state index contributed by atoms with van der Waals surface area (Å²) in [7, 11) is 2.01. The lowest BCUT2D eigenvalue weighted by atomic mass is 10.5.